The Balaban J connectivity index is 1.60. The van der Waals surface area contributed by atoms with Gasteiger partial charge in [-0.2, -0.15) is 4.31 Å². The van der Waals surface area contributed by atoms with Crippen molar-refractivity contribution in [2.24, 2.45) is 0 Å². The number of amides is 1. The Labute approximate surface area is 196 Å². The molecule has 0 saturated heterocycles. The molecule has 1 aliphatic rings. The molecule has 33 heavy (non-hydrogen) atoms. The van der Waals surface area contributed by atoms with Gasteiger partial charge in [0.15, 0.2) is 0 Å². The molecule has 168 valence electrons. The molecule has 1 aliphatic heterocycles. The van der Waals surface area contributed by atoms with Crippen molar-refractivity contribution in [2.75, 3.05) is 30.8 Å². The van der Waals surface area contributed by atoms with E-state index in [0.29, 0.717) is 33.6 Å². The number of carbonyl (C=O) groups excluding carboxylic acids is 1. The van der Waals surface area contributed by atoms with Gasteiger partial charge in [0.25, 0.3) is 0 Å². The number of likely N-dealkylation sites (N-methyl/N-ethyl adjacent to an activating group) is 1. The van der Waals surface area contributed by atoms with Crippen LogP contribution in [0.2, 0.25) is 5.02 Å². The summed E-state index contributed by atoms with van der Waals surface area (Å²) in [5.74, 6) is 0.119. The Hall–Kier alpha value is -3.52. The highest BCUT2D eigenvalue weighted by atomic mass is 35.5. The van der Waals surface area contributed by atoms with Crippen LogP contribution in [0.15, 0.2) is 53.6 Å². The van der Waals surface area contributed by atoms with Gasteiger partial charge in [-0.15, -0.1) is 0 Å². The molecule has 0 bridgehead atoms. The lowest BCUT2D eigenvalue weighted by Crippen LogP contribution is -2.29. The normalized spacial score (nSPS) is 12.8. The summed E-state index contributed by atoms with van der Waals surface area (Å²) in [6, 6.07) is 11.4. The Kier molecular flexibility index (Phi) is 6.29. The molecule has 11 heteroatoms. The van der Waals surface area contributed by atoms with Crippen LogP contribution in [0.3, 0.4) is 0 Å². The third-order valence-electron chi connectivity index (χ3n) is 5.07. The highest BCUT2D eigenvalue weighted by molar-refractivity contribution is 7.89. The molecular formula is C22H19ClN6O3S. The summed E-state index contributed by atoms with van der Waals surface area (Å²) in [4.78, 5) is 24.4. The quantitative estimate of drug-likeness (QED) is 0.520. The molecule has 0 fully saturated rings. The van der Waals surface area contributed by atoms with Gasteiger partial charge in [0.2, 0.25) is 28.4 Å². The van der Waals surface area contributed by atoms with Crippen molar-refractivity contribution in [3.8, 4) is 11.3 Å². The van der Waals surface area contributed by atoms with E-state index in [0.717, 1.165) is 9.87 Å². The summed E-state index contributed by atoms with van der Waals surface area (Å²) in [5, 5.41) is 6.40. The van der Waals surface area contributed by atoms with Crippen molar-refractivity contribution in [2.45, 2.75) is 11.3 Å². The average molecular weight is 483 g/mol. The van der Waals surface area contributed by atoms with Crippen molar-refractivity contribution < 1.29 is 13.2 Å². The number of nitrogens with one attached hydrogen (secondary N) is 2. The first kappa shape index (κ1) is 22.7. The maximum absolute atomic E-state index is 12.6. The van der Waals surface area contributed by atoms with E-state index in [1.54, 1.807) is 36.5 Å². The zero-order valence-corrected chi connectivity index (χ0v) is 19.1. The van der Waals surface area contributed by atoms with Gasteiger partial charge in [0.1, 0.15) is 0 Å². The molecule has 3 aromatic rings. The minimum Gasteiger partial charge on any atom is -0.325 e. The molecule has 0 unspecified atom stereocenters. The SMILES string of the molecule is [C-]#[N+]CCN(C)S(=O)(=O)c1ccc(Nc2ncc3c(n2)-c2ccc(Cl)cc2NC(=O)C3)cc1. The lowest BCUT2D eigenvalue weighted by Gasteiger charge is -2.15. The van der Waals surface area contributed by atoms with E-state index in [9.17, 15) is 13.2 Å². The minimum absolute atomic E-state index is 0.0987. The first-order valence-corrected chi connectivity index (χ1v) is 11.7. The van der Waals surface area contributed by atoms with Crippen LogP contribution in [0.1, 0.15) is 5.56 Å². The van der Waals surface area contributed by atoms with Crippen LogP contribution in [0, 0.1) is 6.57 Å². The number of carbonyl (C=O) groups is 1. The maximum Gasteiger partial charge on any atom is 0.243 e. The molecule has 0 atom stereocenters. The Morgan fingerprint density at radius 3 is 2.73 bits per heavy atom. The maximum atomic E-state index is 12.6. The number of sulfonamides is 1. The van der Waals surface area contributed by atoms with Gasteiger partial charge in [-0.05, 0) is 42.5 Å². The summed E-state index contributed by atoms with van der Waals surface area (Å²) in [6.45, 7) is 7.05. The number of benzene rings is 2. The second kappa shape index (κ2) is 9.15. The largest absolute Gasteiger partial charge is 0.325 e. The summed E-state index contributed by atoms with van der Waals surface area (Å²) in [5.41, 5.74) is 3.19. The van der Waals surface area contributed by atoms with E-state index in [2.05, 4.69) is 25.4 Å². The Morgan fingerprint density at radius 2 is 2.00 bits per heavy atom. The van der Waals surface area contributed by atoms with Gasteiger partial charge in [-0.25, -0.2) is 25.0 Å². The minimum atomic E-state index is -3.68. The Morgan fingerprint density at radius 1 is 1.24 bits per heavy atom. The van der Waals surface area contributed by atoms with E-state index < -0.39 is 10.0 Å². The lowest BCUT2D eigenvalue weighted by atomic mass is 10.1. The summed E-state index contributed by atoms with van der Waals surface area (Å²) >= 11 is 6.08. The van der Waals surface area contributed by atoms with Crippen LogP contribution in [-0.2, 0) is 21.2 Å². The van der Waals surface area contributed by atoms with Crippen molar-refractivity contribution >= 4 is 44.9 Å². The van der Waals surface area contributed by atoms with Crippen LogP contribution in [0.5, 0.6) is 0 Å². The van der Waals surface area contributed by atoms with E-state index in [1.807, 2.05) is 0 Å². The van der Waals surface area contributed by atoms with E-state index in [-0.39, 0.29) is 30.3 Å². The molecule has 2 heterocycles. The molecule has 0 spiro atoms. The number of hydrogen-bond donors (Lipinski definition) is 2. The summed E-state index contributed by atoms with van der Waals surface area (Å²) in [6.07, 6.45) is 1.73. The van der Waals surface area contributed by atoms with Crippen LogP contribution < -0.4 is 10.6 Å². The molecule has 0 radical (unpaired) electrons. The fourth-order valence-corrected chi connectivity index (χ4v) is 4.69. The van der Waals surface area contributed by atoms with Crippen molar-refractivity contribution in [1.29, 1.82) is 0 Å². The number of nitrogens with zero attached hydrogens (tertiary/aromatic N) is 4. The second-order valence-electron chi connectivity index (χ2n) is 7.34. The molecule has 2 aromatic carbocycles. The van der Waals surface area contributed by atoms with Crippen LogP contribution in [0.4, 0.5) is 17.3 Å². The predicted octanol–water partition coefficient (Wildman–Crippen LogP) is 3.57. The molecule has 1 aromatic heterocycles. The fourth-order valence-electron chi connectivity index (χ4n) is 3.35. The third kappa shape index (κ3) is 4.80. The number of anilines is 3. The number of hydrogen-bond acceptors (Lipinski definition) is 6. The zero-order valence-electron chi connectivity index (χ0n) is 17.5. The topological polar surface area (TPSA) is 109 Å². The molecule has 1 amide bonds. The number of rotatable bonds is 6. The fraction of sp³-hybridized carbons (Fsp3) is 0.182. The zero-order chi connectivity index (χ0) is 23.6. The first-order chi connectivity index (χ1) is 15.8. The smallest absolute Gasteiger partial charge is 0.243 e. The van der Waals surface area contributed by atoms with Crippen molar-refractivity contribution in [1.82, 2.24) is 14.3 Å². The molecular weight excluding hydrogens is 464 g/mol. The molecule has 9 nitrogen and oxygen atoms in total. The molecule has 2 N–H and O–H groups in total. The van der Waals surface area contributed by atoms with E-state index in [1.165, 1.54) is 19.2 Å². The summed E-state index contributed by atoms with van der Waals surface area (Å²) < 4.78 is 26.4. The Bertz CT molecular complexity index is 1370. The predicted molar refractivity (Wildman–Crippen MR) is 126 cm³/mol. The number of halogens is 1. The first-order valence-electron chi connectivity index (χ1n) is 9.90. The average Bonchev–Trinajstić information content (AvgIpc) is 2.92. The van der Waals surface area contributed by atoms with Gasteiger partial charge in [-0.1, -0.05) is 11.6 Å². The lowest BCUT2D eigenvalue weighted by molar-refractivity contribution is -0.115. The van der Waals surface area contributed by atoms with Crippen LogP contribution in [-0.4, -0.2) is 48.7 Å². The van der Waals surface area contributed by atoms with Crippen LogP contribution in [0.25, 0.3) is 16.1 Å². The van der Waals surface area contributed by atoms with Crippen molar-refractivity contribution in [3.63, 3.8) is 0 Å². The second-order valence-corrected chi connectivity index (χ2v) is 9.82. The number of fused-ring (bicyclic) bond motifs is 3. The highest BCUT2D eigenvalue weighted by Gasteiger charge is 2.22. The van der Waals surface area contributed by atoms with E-state index in [4.69, 9.17) is 18.2 Å². The summed E-state index contributed by atoms with van der Waals surface area (Å²) in [7, 11) is -2.23. The molecule has 0 saturated carbocycles. The van der Waals surface area contributed by atoms with Gasteiger partial charge < -0.3 is 15.5 Å². The van der Waals surface area contributed by atoms with Gasteiger partial charge >= 0.3 is 0 Å². The van der Waals surface area contributed by atoms with Gasteiger partial charge in [0.05, 0.1) is 29.2 Å². The van der Waals surface area contributed by atoms with Gasteiger partial charge in [-0.3, -0.25) is 4.79 Å². The number of aromatic nitrogens is 2. The monoisotopic (exact) mass is 482 g/mol. The van der Waals surface area contributed by atoms with E-state index >= 15 is 0 Å². The van der Waals surface area contributed by atoms with Crippen molar-refractivity contribution in [3.05, 3.63) is 70.7 Å². The third-order valence-corrected chi connectivity index (χ3v) is 7.18. The molecule has 4 rings (SSSR count). The highest BCUT2D eigenvalue weighted by Crippen LogP contribution is 2.34. The van der Waals surface area contributed by atoms with Crippen LogP contribution >= 0.6 is 11.6 Å². The molecule has 0 aliphatic carbocycles. The standard InChI is InChI=1S/C22H19ClN6O3S/c1-24-9-10-29(2)33(31,32)17-6-4-16(5-7-17)26-22-25-13-14-11-20(30)27-19-12-15(23)3-8-18(19)21(14)28-22/h3-8,12-13H,9-11H2,2H3,(H,27,30)(H,25,26,28). The van der Waals surface area contributed by atoms with Gasteiger partial charge in [0, 0.05) is 35.1 Å².